The largest absolute Gasteiger partial charge is 0.485 e. The van der Waals surface area contributed by atoms with Gasteiger partial charge < -0.3 is 14.8 Å². The minimum absolute atomic E-state index is 0.145. The van der Waals surface area contributed by atoms with E-state index in [-0.39, 0.29) is 23.5 Å². The van der Waals surface area contributed by atoms with Crippen molar-refractivity contribution in [1.82, 2.24) is 5.32 Å². The third kappa shape index (κ3) is 3.99. The summed E-state index contributed by atoms with van der Waals surface area (Å²) in [5.41, 5.74) is 0.838. The van der Waals surface area contributed by atoms with E-state index in [4.69, 9.17) is 9.47 Å². The van der Waals surface area contributed by atoms with Crippen LogP contribution in [0, 0.1) is 0 Å². The Morgan fingerprint density at radius 1 is 1.15 bits per heavy atom. The number of fused-ring (bicyclic) bond motifs is 1. The minimum Gasteiger partial charge on any atom is -0.485 e. The fraction of sp³-hybridized carbons (Fsp3) is 0.316. The highest BCUT2D eigenvalue weighted by molar-refractivity contribution is 7.90. The summed E-state index contributed by atoms with van der Waals surface area (Å²) in [5.74, 6) is 0.906. The zero-order chi connectivity index (χ0) is 18.7. The van der Waals surface area contributed by atoms with Crippen LogP contribution in [0.2, 0.25) is 0 Å². The molecule has 138 valence electrons. The first-order chi connectivity index (χ1) is 12.4. The molecule has 2 aromatic carbocycles. The van der Waals surface area contributed by atoms with Gasteiger partial charge in [0.2, 0.25) is 6.10 Å². The molecule has 0 aliphatic carbocycles. The molecular weight excluding hydrogens is 354 g/mol. The quantitative estimate of drug-likeness (QED) is 0.868. The third-order valence-corrected chi connectivity index (χ3v) is 5.36. The summed E-state index contributed by atoms with van der Waals surface area (Å²) in [4.78, 5) is 12.8. The predicted octanol–water partition coefficient (Wildman–Crippen LogP) is 2.50. The van der Waals surface area contributed by atoms with Gasteiger partial charge in [0.15, 0.2) is 21.3 Å². The summed E-state index contributed by atoms with van der Waals surface area (Å²) in [6.45, 7) is 2.09. The molecule has 3 rings (SSSR count). The van der Waals surface area contributed by atoms with Gasteiger partial charge in [0.25, 0.3) is 5.91 Å². The first-order valence-electron chi connectivity index (χ1n) is 8.37. The average molecular weight is 375 g/mol. The maximum absolute atomic E-state index is 12.6. The Kier molecular flexibility index (Phi) is 5.18. The van der Waals surface area contributed by atoms with Crippen molar-refractivity contribution in [3.8, 4) is 11.5 Å². The van der Waals surface area contributed by atoms with Crippen molar-refractivity contribution in [2.75, 3.05) is 12.9 Å². The highest BCUT2D eigenvalue weighted by Gasteiger charge is 2.28. The van der Waals surface area contributed by atoms with Gasteiger partial charge in [-0.05, 0) is 36.2 Å². The second-order valence-electron chi connectivity index (χ2n) is 6.17. The van der Waals surface area contributed by atoms with Crippen molar-refractivity contribution in [2.24, 2.45) is 0 Å². The zero-order valence-electron chi connectivity index (χ0n) is 14.6. The standard InChI is InChI=1S/C19H21NO5S/c1-3-15(13-8-10-14(11-9-13)26(2,22)23)20-19(21)18-12-24-16-6-4-5-7-17(16)25-18/h4-11,15,18H,3,12H2,1-2H3,(H,20,21). The maximum Gasteiger partial charge on any atom is 0.265 e. The normalized spacial score (nSPS) is 17.4. The average Bonchev–Trinajstić information content (AvgIpc) is 2.65. The summed E-state index contributed by atoms with van der Waals surface area (Å²) in [6, 6.07) is 13.5. The van der Waals surface area contributed by atoms with E-state index in [0.29, 0.717) is 17.9 Å². The Balaban J connectivity index is 1.69. The molecule has 0 spiro atoms. The molecule has 26 heavy (non-hydrogen) atoms. The molecule has 1 heterocycles. The Hall–Kier alpha value is -2.54. The van der Waals surface area contributed by atoms with Gasteiger partial charge in [-0.25, -0.2) is 8.42 Å². The predicted molar refractivity (Wildman–Crippen MR) is 97.1 cm³/mol. The summed E-state index contributed by atoms with van der Waals surface area (Å²) >= 11 is 0. The first-order valence-corrected chi connectivity index (χ1v) is 10.3. The SMILES string of the molecule is CCC(NC(=O)C1COc2ccccc2O1)c1ccc(S(C)(=O)=O)cc1. The number of amides is 1. The number of para-hydroxylation sites is 2. The van der Waals surface area contributed by atoms with Crippen molar-refractivity contribution in [3.63, 3.8) is 0 Å². The van der Waals surface area contributed by atoms with E-state index in [1.165, 1.54) is 6.26 Å². The molecule has 7 heteroatoms. The summed E-state index contributed by atoms with van der Waals surface area (Å²) in [6.07, 6.45) is 1.10. The van der Waals surface area contributed by atoms with Gasteiger partial charge in [0.05, 0.1) is 10.9 Å². The maximum atomic E-state index is 12.6. The van der Waals surface area contributed by atoms with Crippen LogP contribution in [0.25, 0.3) is 0 Å². The van der Waals surface area contributed by atoms with Crippen LogP contribution in [0.3, 0.4) is 0 Å². The van der Waals surface area contributed by atoms with Gasteiger partial charge in [0.1, 0.15) is 6.61 Å². The van der Waals surface area contributed by atoms with Crippen molar-refractivity contribution in [1.29, 1.82) is 0 Å². The van der Waals surface area contributed by atoms with Crippen LogP contribution in [0.5, 0.6) is 11.5 Å². The van der Waals surface area contributed by atoms with Gasteiger partial charge in [0, 0.05) is 6.26 Å². The van der Waals surface area contributed by atoms with Gasteiger partial charge >= 0.3 is 0 Å². The molecule has 0 saturated carbocycles. The second-order valence-corrected chi connectivity index (χ2v) is 8.19. The number of hydrogen-bond donors (Lipinski definition) is 1. The lowest BCUT2D eigenvalue weighted by Gasteiger charge is -2.27. The van der Waals surface area contributed by atoms with Crippen LogP contribution >= 0.6 is 0 Å². The minimum atomic E-state index is -3.24. The highest BCUT2D eigenvalue weighted by Crippen LogP contribution is 2.31. The van der Waals surface area contributed by atoms with E-state index >= 15 is 0 Å². The molecule has 2 atom stereocenters. The number of carbonyl (C=O) groups excluding carboxylic acids is 1. The third-order valence-electron chi connectivity index (χ3n) is 4.24. The smallest absolute Gasteiger partial charge is 0.265 e. The summed E-state index contributed by atoms with van der Waals surface area (Å²) < 4.78 is 34.4. The number of carbonyl (C=O) groups is 1. The van der Waals surface area contributed by atoms with Crippen molar-refractivity contribution in [3.05, 3.63) is 54.1 Å². The second kappa shape index (κ2) is 7.37. The number of nitrogens with one attached hydrogen (secondary N) is 1. The fourth-order valence-electron chi connectivity index (χ4n) is 2.78. The number of rotatable bonds is 5. The van der Waals surface area contributed by atoms with Gasteiger partial charge in [-0.3, -0.25) is 4.79 Å². The van der Waals surface area contributed by atoms with Crippen molar-refractivity contribution < 1.29 is 22.7 Å². The zero-order valence-corrected chi connectivity index (χ0v) is 15.5. The number of benzene rings is 2. The molecule has 1 amide bonds. The number of hydrogen-bond acceptors (Lipinski definition) is 5. The molecule has 1 aliphatic rings. The van der Waals surface area contributed by atoms with E-state index in [2.05, 4.69) is 5.32 Å². The monoisotopic (exact) mass is 375 g/mol. The molecule has 0 aromatic heterocycles. The molecular formula is C19H21NO5S. The Morgan fingerprint density at radius 2 is 1.81 bits per heavy atom. The van der Waals surface area contributed by atoms with E-state index in [0.717, 1.165) is 5.56 Å². The van der Waals surface area contributed by atoms with E-state index < -0.39 is 15.9 Å². The van der Waals surface area contributed by atoms with Crippen LogP contribution in [-0.4, -0.2) is 33.3 Å². The lowest BCUT2D eigenvalue weighted by atomic mass is 10.0. The van der Waals surface area contributed by atoms with Gasteiger partial charge in [-0.2, -0.15) is 0 Å². The molecule has 0 saturated heterocycles. The van der Waals surface area contributed by atoms with Crippen LogP contribution in [0.15, 0.2) is 53.4 Å². The molecule has 6 nitrogen and oxygen atoms in total. The summed E-state index contributed by atoms with van der Waals surface area (Å²) in [7, 11) is -3.24. The van der Waals surface area contributed by atoms with Crippen LogP contribution < -0.4 is 14.8 Å². The lowest BCUT2D eigenvalue weighted by molar-refractivity contribution is -0.131. The van der Waals surface area contributed by atoms with E-state index in [9.17, 15) is 13.2 Å². The Morgan fingerprint density at radius 3 is 2.42 bits per heavy atom. The Bertz CT molecular complexity index is 892. The van der Waals surface area contributed by atoms with Crippen LogP contribution in [0.1, 0.15) is 24.9 Å². The molecule has 0 bridgehead atoms. The van der Waals surface area contributed by atoms with Gasteiger partial charge in [-0.1, -0.05) is 31.2 Å². The molecule has 1 N–H and O–H groups in total. The summed E-state index contributed by atoms with van der Waals surface area (Å²) in [5, 5.41) is 2.95. The number of ether oxygens (including phenoxy) is 2. The van der Waals surface area contributed by atoms with Gasteiger partial charge in [-0.15, -0.1) is 0 Å². The highest BCUT2D eigenvalue weighted by atomic mass is 32.2. The van der Waals surface area contributed by atoms with Crippen LogP contribution in [0.4, 0.5) is 0 Å². The molecule has 1 aliphatic heterocycles. The fourth-order valence-corrected chi connectivity index (χ4v) is 3.41. The Labute approximate surface area is 153 Å². The van der Waals surface area contributed by atoms with Crippen molar-refractivity contribution >= 4 is 15.7 Å². The van der Waals surface area contributed by atoms with E-state index in [1.807, 2.05) is 19.1 Å². The van der Waals surface area contributed by atoms with E-state index in [1.54, 1.807) is 36.4 Å². The first kappa shape index (κ1) is 18.3. The van der Waals surface area contributed by atoms with Crippen LogP contribution in [-0.2, 0) is 14.6 Å². The lowest BCUT2D eigenvalue weighted by Crippen LogP contribution is -2.45. The molecule has 2 aromatic rings. The topological polar surface area (TPSA) is 81.7 Å². The molecule has 0 radical (unpaired) electrons. The number of sulfone groups is 1. The molecule has 0 fully saturated rings. The van der Waals surface area contributed by atoms with Crippen molar-refractivity contribution in [2.45, 2.75) is 30.4 Å². The molecule has 2 unspecified atom stereocenters.